The van der Waals surface area contributed by atoms with Gasteiger partial charge in [0.05, 0.1) is 13.1 Å². The minimum Gasteiger partial charge on any atom is -0.442 e. The molecule has 1 saturated heterocycles. The number of hydrogen-bond acceptors (Lipinski definition) is 4. The Morgan fingerprint density at radius 2 is 2.04 bits per heavy atom. The molecular weight excluding hydrogens is 336 g/mol. The maximum absolute atomic E-state index is 11.9. The van der Waals surface area contributed by atoms with Crippen molar-refractivity contribution < 1.29 is 14.3 Å². The van der Waals surface area contributed by atoms with E-state index < -0.39 is 0 Å². The van der Waals surface area contributed by atoms with Crippen molar-refractivity contribution in [1.29, 1.82) is 0 Å². The number of aryl methyl sites for hydroxylation is 1. The van der Waals surface area contributed by atoms with Gasteiger partial charge in [-0.2, -0.15) is 0 Å². The summed E-state index contributed by atoms with van der Waals surface area (Å²) < 4.78 is 5.33. The number of cyclic esters (lactones) is 1. The van der Waals surface area contributed by atoms with Gasteiger partial charge in [-0.3, -0.25) is 9.69 Å². The van der Waals surface area contributed by atoms with Crippen LogP contribution in [-0.2, 0) is 16.0 Å². The number of anilines is 1. The molecule has 0 bridgehead atoms. The molecule has 1 atom stereocenters. The number of benzene rings is 1. The van der Waals surface area contributed by atoms with E-state index >= 15 is 0 Å². The van der Waals surface area contributed by atoms with Gasteiger partial charge < -0.3 is 10.1 Å². The zero-order valence-electron chi connectivity index (χ0n) is 14.0. The number of ether oxygens (including phenoxy) is 1. The Kier molecular flexibility index (Phi) is 6.06. The van der Waals surface area contributed by atoms with Crippen LogP contribution in [0.4, 0.5) is 10.5 Å². The molecule has 1 unspecified atom stereocenters. The van der Waals surface area contributed by atoms with E-state index in [-0.39, 0.29) is 18.1 Å². The standard InChI is InChI=1S/C19H22N2O3S/c22-18(11-5-4-9-17-10-6-12-25-17)20-13-16-14-21(19(23)24-16)15-7-2-1-3-8-15/h1-3,6-8,10,12,16H,4-5,9,11,13-14H2,(H,20,22). The molecule has 132 valence electrons. The Labute approximate surface area is 151 Å². The highest BCUT2D eigenvalue weighted by Crippen LogP contribution is 2.20. The number of nitrogens with one attached hydrogen (secondary N) is 1. The smallest absolute Gasteiger partial charge is 0.414 e. The van der Waals surface area contributed by atoms with Crippen LogP contribution in [0.25, 0.3) is 0 Å². The van der Waals surface area contributed by atoms with Gasteiger partial charge in [-0.05, 0) is 42.8 Å². The van der Waals surface area contributed by atoms with Crippen molar-refractivity contribution in [2.45, 2.75) is 31.8 Å². The Bertz CT molecular complexity index is 688. The van der Waals surface area contributed by atoms with Crippen LogP contribution >= 0.6 is 11.3 Å². The predicted molar refractivity (Wildman–Crippen MR) is 98.9 cm³/mol. The van der Waals surface area contributed by atoms with Crippen molar-refractivity contribution in [1.82, 2.24) is 5.32 Å². The molecule has 0 radical (unpaired) electrons. The van der Waals surface area contributed by atoms with Crippen molar-refractivity contribution in [2.24, 2.45) is 0 Å². The molecule has 3 rings (SSSR count). The quantitative estimate of drug-likeness (QED) is 0.734. The van der Waals surface area contributed by atoms with E-state index in [1.54, 1.807) is 16.2 Å². The van der Waals surface area contributed by atoms with Crippen LogP contribution in [0.3, 0.4) is 0 Å². The number of nitrogens with zero attached hydrogens (tertiary/aromatic N) is 1. The van der Waals surface area contributed by atoms with Crippen LogP contribution in [0.5, 0.6) is 0 Å². The number of unbranched alkanes of at least 4 members (excludes halogenated alkanes) is 1. The van der Waals surface area contributed by atoms with Gasteiger partial charge in [0.25, 0.3) is 0 Å². The molecule has 5 nitrogen and oxygen atoms in total. The minimum atomic E-state index is -0.360. The summed E-state index contributed by atoms with van der Waals surface area (Å²) in [6.45, 7) is 0.820. The number of carbonyl (C=O) groups excluding carboxylic acids is 2. The summed E-state index contributed by atoms with van der Waals surface area (Å²) in [6.07, 6.45) is 2.74. The molecule has 25 heavy (non-hydrogen) atoms. The lowest BCUT2D eigenvalue weighted by atomic mass is 10.1. The molecule has 1 fully saturated rings. The molecule has 1 aliphatic heterocycles. The minimum absolute atomic E-state index is 0.0142. The third-order valence-electron chi connectivity index (χ3n) is 4.13. The second-order valence-electron chi connectivity index (χ2n) is 6.04. The van der Waals surface area contributed by atoms with E-state index in [1.807, 2.05) is 36.4 Å². The third kappa shape index (κ3) is 5.06. The van der Waals surface area contributed by atoms with Gasteiger partial charge in [0.2, 0.25) is 5.91 Å². The molecule has 1 aliphatic rings. The highest BCUT2D eigenvalue weighted by molar-refractivity contribution is 7.09. The summed E-state index contributed by atoms with van der Waals surface area (Å²) in [7, 11) is 0. The van der Waals surface area contributed by atoms with E-state index in [4.69, 9.17) is 4.74 Å². The van der Waals surface area contributed by atoms with Gasteiger partial charge in [0.15, 0.2) is 0 Å². The monoisotopic (exact) mass is 358 g/mol. The van der Waals surface area contributed by atoms with Crippen LogP contribution in [0.15, 0.2) is 47.8 Å². The Morgan fingerprint density at radius 1 is 1.20 bits per heavy atom. The summed E-state index contributed by atoms with van der Waals surface area (Å²) >= 11 is 1.75. The van der Waals surface area contributed by atoms with Crippen molar-refractivity contribution in [3.63, 3.8) is 0 Å². The lowest BCUT2D eigenvalue weighted by molar-refractivity contribution is -0.121. The second kappa shape index (κ2) is 8.67. The van der Waals surface area contributed by atoms with Crippen molar-refractivity contribution in [3.8, 4) is 0 Å². The fourth-order valence-electron chi connectivity index (χ4n) is 2.80. The SMILES string of the molecule is O=C(CCCCc1cccs1)NCC1CN(c2ccccc2)C(=O)O1. The molecule has 6 heteroatoms. The fraction of sp³-hybridized carbons (Fsp3) is 0.368. The van der Waals surface area contributed by atoms with Crippen LogP contribution in [0.2, 0.25) is 0 Å². The molecule has 2 heterocycles. The molecule has 0 aliphatic carbocycles. The van der Waals surface area contributed by atoms with Gasteiger partial charge in [-0.15, -0.1) is 11.3 Å². The number of amides is 2. The average molecular weight is 358 g/mol. The van der Waals surface area contributed by atoms with Gasteiger partial charge in [0, 0.05) is 17.0 Å². The highest BCUT2D eigenvalue weighted by atomic mass is 32.1. The number of para-hydroxylation sites is 1. The van der Waals surface area contributed by atoms with Gasteiger partial charge in [0.1, 0.15) is 6.10 Å². The van der Waals surface area contributed by atoms with Crippen molar-refractivity contribution in [2.75, 3.05) is 18.0 Å². The number of thiophene rings is 1. The first-order chi connectivity index (χ1) is 12.2. The summed E-state index contributed by atoms with van der Waals surface area (Å²) in [4.78, 5) is 26.8. The molecule has 1 aromatic carbocycles. The molecule has 0 spiro atoms. The topological polar surface area (TPSA) is 58.6 Å². The largest absolute Gasteiger partial charge is 0.442 e. The van der Waals surface area contributed by atoms with E-state index in [9.17, 15) is 9.59 Å². The highest BCUT2D eigenvalue weighted by Gasteiger charge is 2.32. The zero-order chi connectivity index (χ0) is 17.5. The molecular formula is C19H22N2O3S. The number of hydrogen-bond donors (Lipinski definition) is 1. The normalized spacial score (nSPS) is 16.7. The first kappa shape index (κ1) is 17.5. The Hall–Kier alpha value is -2.34. The lowest BCUT2D eigenvalue weighted by Gasteiger charge is -2.12. The lowest BCUT2D eigenvalue weighted by Crippen LogP contribution is -2.34. The van der Waals surface area contributed by atoms with Crippen LogP contribution < -0.4 is 10.2 Å². The summed E-state index contributed by atoms with van der Waals surface area (Å²) in [5.74, 6) is 0.0142. The van der Waals surface area contributed by atoms with Crippen molar-refractivity contribution in [3.05, 3.63) is 52.7 Å². The van der Waals surface area contributed by atoms with E-state index in [1.165, 1.54) is 4.88 Å². The Balaban J connectivity index is 1.34. The molecule has 1 N–H and O–H groups in total. The maximum atomic E-state index is 11.9. The van der Waals surface area contributed by atoms with Crippen LogP contribution in [-0.4, -0.2) is 31.2 Å². The zero-order valence-corrected chi connectivity index (χ0v) is 14.8. The molecule has 2 aromatic rings. The molecule has 1 aromatic heterocycles. The van der Waals surface area contributed by atoms with E-state index in [2.05, 4.69) is 16.8 Å². The maximum Gasteiger partial charge on any atom is 0.414 e. The average Bonchev–Trinajstić information content (AvgIpc) is 3.27. The first-order valence-corrected chi connectivity index (χ1v) is 9.42. The van der Waals surface area contributed by atoms with E-state index in [0.717, 1.165) is 24.9 Å². The van der Waals surface area contributed by atoms with Crippen LogP contribution in [0, 0.1) is 0 Å². The number of rotatable bonds is 8. The Morgan fingerprint density at radius 3 is 2.80 bits per heavy atom. The van der Waals surface area contributed by atoms with Crippen LogP contribution in [0.1, 0.15) is 24.1 Å². The molecule has 2 amide bonds. The number of carbonyl (C=O) groups is 2. The van der Waals surface area contributed by atoms with Gasteiger partial charge in [-0.1, -0.05) is 24.3 Å². The van der Waals surface area contributed by atoms with Crippen molar-refractivity contribution >= 4 is 29.0 Å². The first-order valence-electron chi connectivity index (χ1n) is 8.54. The van der Waals surface area contributed by atoms with Gasteiger partial charge >= 0.3 is 6.09 Å². The third-order valence-corrected chi connectivity index (χ3v) is 5.06. The fourth-order valence-corrected chi connectivity index (χ4v) is 3.55. The summed E-state index contributed by atoms with van der Waals surface area (Å²) in [5, 5.41) is 4.94. The molecule has 0 saturated carbocycles. The summed E-state index contributed by atoms with van der Waals surface area (Å²) in [6, 6.07) is 13.6. The van der Waals surface area contributed by atoms with Gasteiger partial charge in [-0.25, -0.2) is 4.79 Å². The second-order valence-corrected chi connectivity index (χ2v) is 7.07. The summed E-state index contributed by atoms with van der Waals surface area (Å²) in [5.41, 5.74) is 0.815. The predicted octanol–water partition coefficient (Wildman–Crippen LogP) is 3.60. The van der Waals surface area contributed by atoms with E-state index in [0.29, 0.717) is 19.5 Å².